The van der Waals surface area contributed by atoms with E-state index >= 15 is 0 Å². The number of hydrogen-bond donors (Lipinski definition) is 18. The molecule has 29 heteroatoms. The van der Waals surface area contributed by atoms with E-state index in [1.54, 1.807) is 27.7 Å². The van der Waals surface area contributed by atoms with Crippen molar-refractivity contribution in [3.05, 3.63) is 0 Å². The average Bonchev–Trinajstić information content (AvgIpc) is 3.38. The second kappa shape index (κ2) is 38.5. The molecule has 11 amide bonds. The minimum Gasteiger partial charge on any atom is -0.391 e. The van der Waals surface area contributed by atoms with Crippen LogP contribution in [-0.4, -0.2) is 187 Å². The van der Waals surface area contributed by atoms with Crippen molar-refractivity contribution in [2.75, 3.05) is 39.3 Å². The molecule has 23 N–H and O–H groups in total. The molecule has 0 saturated carbocycles. The predicted octanol–water partition coefficient (Wildman–Crippen LogP) is -6.08. The van der Waals surface area contributed by atoms with Crippen LogP contribution in [0.2, 0.25) is 0 Å². The highest BCUT2D eigenvalue weighted by molar-refractivity contribution is 5.99. The first-order valence-electron chi connectivity index (χ1n) is 28.0. The van der Waals surface area contributed by atoms with Crippen LogP contribution in [0.25, 0.3) is 0 Å². The van der Waals surface area contributed by atoms with Crippen molar-refractivity contribution >= 4 is 65.0 Å². The van der Waals surface area contributed by atoms with Crippen LogP contribution in [-0.2, 0) is 52.7 Å². The van der Waals surface area contributed by atoms with E-state index in [-0.39, 0.29) is 95.9 Å². The van der Waals surface area contributed by atoms with E-state index in [1.807, 2.05) is 6.92 Å². The summed E-state index contributed by atoms with van der Waals surface area (Å²) in [4.78, 5) is 152. The molecule has 1 saturated heterocycles. The third kappa shape index (κ3) is 26.4. The van der Waals surface area contributed by atoms with Crippen LogP contribution < -0.4 is 87.2 Å². The number of carbonyl (C=O) groups is 11. The van der Waals surface area contributed by atoms with Gasteiger partial charge in [-0.2, -0.15) is 0 Å². The van der Waals surface area contributed by atoms with Crippen molar-refractivity contribution < 1.29 is 63.0 Å². The van der Waals surface area contributed by atoms with Crippen molar-refractivity contribution in [2.45, 2.75) is 205 Å². The maximum atomic E-state index is 14.4. The highest BCUT2D eigenvalue weighted by atomic mass is 16.3. The van der Waals surface area contributed by atoms with Gasteiger partial charge in [-0.3, -0.25) is 52.7 Å². The van der Waals surface area contributed by atoms with Gasteiger partial charge in [-0.1, -0.05) is 53.9 Å². The van der Waals surface area contributed by atoms with Crippen LogP contribution in [0.5, 0.6) is 0 Å². The highest BCUT2D eigenvalue weighted by Gasteiger charge is 2.37. The Hall–Kier alpha value is -6.11. The summed E-state index contributed by atoms with van der Waals surface area (Å²) in [5, 5.41) is 49.4. The van der Waals surface area contributed by atoms with E-state index in [2.05, 4.69) is 58.5 Å². The second-order valence-corrected chi connectivity index (χ2v) is 21.0. The van der Waals surface area contributed by atoms with E-state index in [9.17, 15) is 63.0 Å². The van der Waals surface area contributed by atoms with E-state index in [0.717, 1.165) is 19.3 Å². The molecule has 458 valence electrons. The van der Waals surface area contributed by atoms with Gasteiger partial charge < -0.3 is 97.4 Å². The molecule has 29 nitrogen and oxygen atoms in total. The number of unbranched alkanes of at least 4 members (excludes halogenated alkanes) is 3. The first-order chi connectivity index (χ1) is 37.8. The smallest absolute Gasteiger partial charge is 0.245 e. The molecule has 0 aromatic carbocycles. The molecule has 80 heavy (non-hydrogen) atoms. The lowest BCUT2D eigenvalue weighted by atomic mass is 9.99. The van der Waals surface area contributed by atoms with E-state index in [1.165, 1.54) is 13.8 Å². The molecule has 0 spiro atoms. The zero-order valence-corrected chi connectivity index (χ0v) is 47.8. The Morgan fingerprint density at radius 1 is 0.525 bits per heavy atom. The SMILES string of the molecule is CCCCCCC(=O)N[C@@H](CCN)C(=O)N[C@H](C(=O)N[C@@H](CCN)C(=O)NC1CCNC(=O)C([C@@H](C)O)NC(=O)[C@H](CCN)NC(=O)[C@H](CCN)NC(=O)[C@H](CC(C)C)NC(=O)[C@@H](CC(C)C)NC(=O)C(CCN)NC1=O)[C@@H](C)O. The molecule has 12 atom stereocenters. The number of aliphatic hydroxyl groups excluding tert-OH is 2. The summed E-state index contributed by atoms with van der Waals surface area (Å²) in [6.07, 6.45) is -0.806. The van der Waals surface area contributed by atoms with Crippen molar-refractivity contribution in [1.29, 1.82) is 0 Å². The Labute approximate surface area is 469 Å². The fraction of sp³-hybridized carbons (Fsp3) is 0.784. The number of rotatable bonds is 28. The maximum Gasteiger partial charge on any atom is 0.245 e. The first kappa shape index (κ1) is 71.9. The number of aliphatic hydroxyl groups is 2. The minimum atomic E-state index is -1.69. The number of hydrogen-bond acceptors (Lipinski definition) is 18. The third-order valence-corrected chi connectivity index (χ3v) is 12.9. The summed E-state index contributed by atoms with van der Waals surface area (Å²) in [6.45, 7) is 10.5. The summed E-state index contributed by atoms with van der Waals surface area (Å²) in [6, 6.07) is -14.5. The monoisotopic (exact) mass is 1140 g/mol. The number of nitrogens with two attached hydrogens (primary N) is 5. The molecule has 0 aliphatic carbocycles. The van der Waals surface area contributed by atoms with Crippen LogP contribution in [0.15, 0.2) is 0 Å². The normalized spacial score (nSPS) is 23.3. The molecular formula is C51H96N16O13. The summed E-state index contributed by atoms with van der Waals surface area (Å²) in [7, 11) is 0. The van der Waals surface area contributed by atoms with Crippen LogP contribution in [0.3, 0.4) is 0 Å². The zero-order chi connectivity index (χ0) is 60.6. The van der Waals surface area contributed by atoms with Gasteiger partial charge in [0.2, 0.25) is 65.0 Å². The van der Waals surface area contributed by atoms with Crippen molar-refractivity contribution in [3.63, 3.8) is 0 Å². The standard InChI is InChI=1S/C51H96N16O13/c1-8-9-10-11-12-39(70)58-31(13-19-52)46(75)67-41(30(7)69)51(80)63-34(16-22-55)43(72)62-36-18-24-57-50(79)40(29(6)68)66-47(76)35(17-23-56)60-42(71)32(14-20-53)61-48(77)37(25-27(2)3)65-49(78)38(26-28(4)5)64-44(73)33(15-21-54)59-45(36)74/h27-38,40-41,68-69H,8-26,52-56H2,1-7H3,(H,57,79)(H,58,70)(H,59,74)(H,60,71)(H,61,77)(H,62,72)(H,63,80)(H,64,73)(H,65,78)(H,66,76)(H,67,75)/t29-,30-,31+,32+,33?,34+,35+,36?,37+,38-,40?,41+/m1/s1. The molecule has 1 aliphatic heterocycles. The molecule has 0 radical (unpaired) electrons. The van der Waals surface area contributed by atoms with Gasteiger partial charge in [0.25, 0.3) is 0 Å². The molecule has 1 fully saturated rings. The zero-order valence-electron chi connectivity index (χ0n) is 47.8. The second-order valence-electron chi connectivity index (χ2n) is 21.0. The molecule has 1 aliphatic rings. The highest BCUT2D eigenvalue weighted by Crippen LogP contribution is 2.12. The molecular weight excluding hydrogens is 1040 g/mol. The van der Waals surface area contributed by atoms with Crippen LogP contribution in [0.1, 0.15) is 132 Å². The van der Waals surface area contributed by atoms with Crippen molar-refractivity contribution in [1.82, 2.24) is 58.5 Å². The van der Waals surface area contributed by atoms with Gasteiger partial charge in [0.1, 0.15) is 60.4 Å². The largest absolute Gasteiger partial charge is 0.391 e. The van der Waals surface area contributed by atoms with Crippen LogP contribution in [0.4, 0.5) is 0 Å². The summed E-state index contributed by atoms with van der Waals surface area (Å²) >= 11 is 0. The number of nitrogens with one attached hydrogen (secondary N) is 11. The molecule has 0 bridgehead atoms. The van der Waals surface area contributed by atoms with Gasteiger partial charge >= 0.3 is 0 Å². The molecule has 1 heterocycles. The summed E-state index contributed by atoms with van der Waals surface area (Å²) in [5.41, 5.74) is 29.2. The fourth-order valence-electron chi connectivity index (χ4n) is 8.49. The van der Waals surface area contributed by atoms with Gasteiger partial charge in [-0.15, -0.1) is 0 Å². The number of amides is 11. The van der Waals surface area contributed by atoms with Crippen molar-refractivity contribution in [3.8, 4) is 0 Å². The quantitative estimate of drug-likeness (QED) is 0.0324. The molecule has 3 unspecified atom stereocenters. The third-order valence-electron chi connectivity index (χ3n) is 12.9. The molecule has 0 aromatic rings. The topological polar surface area (TPSA) is 491 Å². The maximum absolute atomic E-state index is 14.4. The summed E-state index contributed by atoms with van der Waals surface area (Å²) in [5.74, 6) is -9.99. The number of carbonyl (C=O) groups excluding carboxylic acids is 11. The lowest BCUT2D eigenvalue weighted by Crippen LogP contribution is -2.62. The Morgan fingerprint density at radius 3 is 1.39 bits per heavy atom. The lowest BCUT2D eigenvalue weighted by molar-refractivity contribution is -0.137. The summed E-state index contributed by atoms with van der Waals surface area (Å²) < 4.78 is 0. The lowest BCUT2D eigenvalue weighted by Gasteiger charge is -2.29. The molecule has 0 aromatic heterocycles. The van der Waals surface area contributed by atoms with Gasteiger partial charge in [0.05, 0.1) is 12.2 Å². The predicted molar refractivity (Wildman–Crippen MR) is 296 cm³/mol. The Balaban J connectivity index is 3.85. The van der Waals surface area contributed by atoms with E-state index in [4.69, 9.17) is 28.7 Å². The van der Waals surface area contributed by atoms with E-state index < -0.39 is 151 Å². The van der Waals surface area contributed by atoms with Crippen molar-refractivity contribution in [2.24, 2.45) is 40.5 Å². The van der Waals surface area contributed by atoms with Gasteiger partial charge in [-0.25, -0.2) is 0 Å². The Morgan fingerprint density at radius 2 is 0.963 bits per heavy atom. The Bertz CT molecular complexity index is 2010. The van der Waals surface area contributed by atoms with Gasteiger partial charge in [0, 0.05) is 13.0 Å². The average molecular weight is 1140 g/mol. The van der Waals surface area contributed by atoms with E-state index in [0.29, 0.717) is 6.42 Å². The molecule has 1 rings (SSSR count). The first-order valence-corrected chi connectivity index (χ1v) is 28.0. The van der Waals surface area contributed by atoms with Crippen LogP contribution >= 0.6 is 0 Å². The van der Waals surface area contributed by atoms with Gasteiger partial charge in [-0.05, 0) is 116 Å². The fourth-order valence-corrected chi connectivity index (χ4v) is 8.49. The van der Waals surface area contributed by atoms with Crippen LogP contribution in [0, 0.1) is 11.8 Å². The van der Waals surface area contributed by atoms with Gasteiger partial charge in [0.15, 0.2) is 0 Å². The minimum absolute atomic E-state index is 0.0110. The Kier molecular flexibility index (Phi) is 34.6.